The minimum absolute atomic E-state index is 0.0215. The maximum Gasteiger partial charge on any atom is 0.259 e. The number of rotatable bonds is 7. The second kappa shape index (κ2) is 8.32. The average molecular weight is 450 g/mol. The number of thiophene rings is 2. The van der Waals surface area contributed by atoms with Crippen LogP contribution in [0.1, 0.15) is 33.3 Å². The standard InChI is InChI=1S/C18H19N5OS4/c1-9-10(2)26-16-13(9)15(24)20-14(21-16)11(3)27-18-23-22-17(28-18)19-7-6-12-5-4-8-25-12/h4-5,8,11H,6-7H2,1-3H3,(H,19,22)(H,20,21,24). The van der Waals surface area contributed by atoms with Crippen molar-refractivity contribution in [2.24, 2.45) is 0 Å². The summed E-state index contributed by atoms with van der Waals surface area (Å²) in [7, 11) is 0. The van der Waals surface area contributed by atoms with E-state index in [4.69, 9.17) is 0 Å². The highest BCUT2D eigenvalue weighted by Crippen LogP contribution is 2.36. The molecule has 0 radical (unpaired) electrons. The summed E-state index contributed by atoms with van der Waals surface area (Å²) < 4.78 is 0.854. The summed E-state index contributed by atoms with van der Waals surface area (Å²) in [6, 6.07) is 4.20. The summed E-state index contributed by atoms with van der Waals surface area (Å²) in [6.45, 7) is 6.84. The number of nitrogens with one attached hydrogen (secondary N) is 2. The molecular weight excluding hydrogens is 431 g/mol. The van der Waals surface area contributed by atoms with E-state index in [0.29, 0.717) is 11.2 Å². The van der Waals surface area contributed by atoms with Crippen molar-refractivity contribution >= 4 is 61.1 Å². The molecule has 2 N–H and O–H groups in total. The predicted octanol–water partition coefficient (Wildman–Crippen LogP) is 5.02. The SMILES string of the molecule is Cc1sc2nc(C(C)Sc3nnc(NCCc4cccs4)s3)[nH]c(=O)c2c1C. The zero-order valence-corrected chi connectivity index (χ0v) is 18.9. The Kier molecular flexibility index (Phi) is 5.81. The molecule has 146 valence electrons. The third kappa shape index (κ3) is 4.14. The van der Waals surface area contributed by atoms with Crippen LogP contribution in [-0.2, 0) is 6.42 Å². The van der Waals surface area contributed by atoms with E-state index in [-0.39, 0.29) is 10.8 Å². The van der Waals surface area contributed by atoms with E-state index in [1.54, 1.807) is 34.4 Å². The second-order valence-corrected chi connectivity index (χ2v) is 11.1. The monoisotopic (exact) mass is 449 g/mol. The van der Waals surface area contributed by atoms with Crippen LogP contribution in [0.3, 0.4) is 0 Å². The number of hydrogen-bond acceptors (Lipinski definition) is 9. The summed E-state index contributed by atoms with van der Waals surface area (Å²) in [5.74, 6) is 0.672. The molecule has 0 bridgehead atoms. The molecule has 0 aliphatic heterocycles. The van der Waals surface area contributed by atoms with Crippen molar-refractivity contribution in [2.45, 2.75) is 36.8 Å². The van der Waals surface area contributed by atoms with Gasteiger partial charge in [-0.05, 0) is 44.2 Å². The molecule has 4 rings (SSSR count). The molecule has 6 nitrogen and oxygen atoms in total. The van der Waals surface area contributed by atoms with Gasteiger partial charge in [0.25, 0.3) is 5.56 Å². The first-order chi connectivity index (χ1) is 13.5. The molecule has 0 aromatic carbocycles. The topological polar surface area (TPSA) is 83.6 Å². The number of aryl methyl sites for hydroxylation is 2. The van der Waals surface area contributed by atoms with E-state index in [1.165, 1.54) is 16.2 Å². The van der Waals surface area contributed by atoms with E-state index in [9.17, 15) is 4.79 Å². The largest absolute Gasteiger partial charge is 0.360 e. The maximum absolute atomic E-state index is 12.5. The van der Waals surface area contributed by atoms with Crippen LogP contribution in [0.15, 0.2) is 26.6 Å². The lowest BCUT2D eigenvalue weighted by Crippen LogP contribution is -2.12. The van der Waals surface area contributed by atoms with Gasteiger partial charge in [0.2, 0.25) is 5.13 Å². The lowest BCUT2D eigenvalue weighted by molar-refractivity contribution is 0.918. The Labute approximate surface area is 178 Å². The van der Waals surface area contributed by atoms with Crippen molar-refractivity contribution in [3.05, 3.63) is 49.0 Å². The van der Waals surface area contributed by atoms with E-state index < -0.39 is 0 Å². The fraction of sp³-hybridized carbons (Fsp3) is 0.333. The number of thioether (sulfide) groups is 1. The Morgan fingerprint density at radius 2 is 2.14 bits per heavy atom. The second-order valence-electron chi connectivity index (χ2n) is 6.30. The van der Waals surface area contributed by atoms with Crippen LogP contribution in [0.5, 0.6) is 0 Å². The zero-order valence-electron chi connectivity index (χ0n) is 15.6. The molecule has 4 heterocycles. The van der Waals surface area contributed by atoms with Gasteiger partial charge in [0.15, 0.2) is 4.34 Å². The fourth-order valence-corrected chi connectivity index (χ4v) is 6.47. The molecule has 0 aliphatic carbocycles. The van der Waals surface area contributed by atoms with Crippen molar-refractivity contribution < 1.29 is 0 Å². The van der Waals surface area contributed by atoms with Crippen LogP contribution < -0.4 is 10.9 Å². The highest BCUT2D eigenvalue weighted by Gasteiger charge is 2.17. The number of fused-ring (bicyclic) bond motifs is 1. The van der Waals surface area contributed by atoms with Crippen LogP contribution in [-0.4, -0.2) is 26.7 Å². The molecule has 1 atom stereocenters. The summed E-state index contributed by atoms with van der Waals surface area (Å²) in [4.78, 5) is 23.4. The normalized spacial score (nSPS) is 12.5. The molecule has 0 spiro atoms. The summed E-state index contributed by atoms with van der Waals surface area (Å²) in [6.07, 6.45) is 0.973. The van der Waals surface area contributed by atoms with Crippen molar-refractivity contribution in [3.63, 3.8) is 0 Å². The van der Waals surface area contributed by atoms with Gasteiger partial charge in [0.1, 0.15) is 10.7 Å². The zero-order chi connectivity index (χ0) is 19.7. The number of aromatic amines is 1. The number of H-pyrrole nitrogens is 1. The van der Waals surface area contributed by atoms with Crippen molar-refractivity contribution in [2.75, 3.05) is 11.9 Å². The average Bonchev–Trinajstić information content (AvgIpc) is 3.38. The number of anilines is 1. The van der Waals surface area contributed by atoms with Gasteiger partial charge in [0.05, 0.1) is 10.6 Å². The fourth-order valence-electron chi connectivity index (χ4n) is 2.75. The Morgan fingerprint density at radius 1 is 1.29 bits per heavy atom. The van der Waals surface area contributed by atoms with Gasteiger partial charge in [0, 0.05) is 16.3 Å². The van der Waals surface area contributed by atoms with Crippen molar-refractivity contribution in [3.8, 4) is 0 Å². The lowest BCUT2D eigenvalue weighted by Gasteiger charge is -2.07. The molecule has 4 aromatic heterocycles. The molecule has 0 saturated heterocycles. The van der Waals surface area contributed by atoms with E-state index in [1.807, 2.05) is 20.8 Å². The lowest BCUT2D eigenvalue weighted by atomic mass is 10.2. The van der Waals surface area contributed by atoms with Crippen molar-refractivity contribution in [1.82, 2.24) is 20.2 Å². The predicted molar refractivity (Wildman–Crippen MR) is 120 cm³/mol. The van der Waals surface area contributed by atoms with Crippen LogP contribution in [0.4, 0.5) is 5.13 Å². The Hall–Kier alpha value is -1.75. The number of nitrogens with zero attached hydrogens (tertiary/aromatic N) is 3. The molecule has 0 amide bonds. The minimum Gasteiger partial charge on any atom is -0.360 e. The summed E-state index contributed by atoms with van der Waals surface area (Å²) >= 11 is 6.41. The number of aromatic nitrogens is 4. The van der Waals surface area contributed by atoms with Gasteiger partial charge in [-0.3, -0.25) is 4.79 Å². The quantitative estimate of drug-likeness (QED) is 0.385. The molecule has 0 saturated carbocycles. The molecule has 0 fully saturated rings. The Balaban J connectivity index is 1.42. The summed E-state index contributed by atoms with van der Waals surface area (Å²) in [5.41, 5.74) is 0.950. The van der Waals surface area contributed by atoms with Crippen molar-refractivity contribution in [1.29, 1.82) is 0 Å². The smallest absolute Gasteiger partial charge is 0.259 e. The third-order valence-corrected chi connectivity index (χ3v) is 8.47. The van der Waals surface area contributed by atoms with Gasteiger partial charge in [-0.15, -0.1) is 32.9 Å². The summed E-state index contributed by atoms with van der Waals surface area (Å²) in [5, 5.41) is 15.4. The molecular formula is C18H19N5OS4. The molecule has 10 heteroatoms. The van der Waals surface area contributed by atoms with Crippen LogP contribution in [0.25, 0.3) is 10.2 Å². The first-order valence-electron chi connectivity index (χ1n) is 8.77. The van der Waals surface area contributed by atoms with Crippen LogP contribution >= 0.6 is 45.8 Å². The van der Waals surface area contributed by atoms with Gasteiger partial charge >= 0.3 is 0 Å². The molecule has 1 unspecified atom stereocenters. The molecule has 4 aromatic rings. The Morgan fingerprint density at radius 3 is 2.93 bits per heavy atom. The highest BCUT2D eigenvalue weighted by molar-refractivity contribution is 8.01. The van der Waals surface area contributed by atoms with E-state index in [2.05, 4.69) is 43.0 Å². The highest BCUT2D eigenvalue weighted by atomic mass is 32.2. The molecule has 28 heavy (non-hydrogen) atoms. The minimum atomic E-state index is -0.0671. The first-order valence-corrected chi connectivity index (χ1v) is 12.2. The third-order valence-electron chi connectivity index (χ3n) is 4.35. The van der Waals surface area contributed by atoms with Gasteiger partial charge in [-0.1, -0.05) is 29.2 Å². The van der Waals surface area contributed by atoms with Gasteiger partial charge in [-0.25, -0.2) is 4.98 Å². The van der Waals surface area contributed by atoms with E-state index in [0.717, 1.165) is 37.7 Å². The molecule has 0 aliphatic rings. The Bertz CT molecular complexity index is 1140. The maximum atomic E-state index is 12.5. The van der Waals surface area contributed by atoms with Crippen LogP contribution in [0, 0.1) is 13.8 Å². The first kappa shape index (κ1) is 19.6. The van der Waals surface area contributed by atoms with Crippen LogP contribution in [0.2, 0.25) is 0 Å². The number of hydrogen-bond donors (Lipinski definition) is 2. The van der Waals surface area contributed by atoms with Gasteiger partial charge < -0.3 is 10.3 Å². The van der Waals surface area contributed by atoms with Gasteiger partial charge in [-0.2, -0.15) is 0 Å². The van der Waals surface area contributed by atoms with E-state index >= 15 is 0 Å².